The molecule has 4 aromatic rings. The van der Waals surface area contributed by atoms with E-state index in [1.54, 1.807) is 12.3 Å². The summed E-state index contributed by atoms with van der Waals surface area (Å²) in [6.45, 7) is 4.34. The van der Waals surface area contributed by atoms with Gasteiger partial charge in [0.25, 0.3) is 0 Å². The summed E-state index contributed by atoms with van der Waals surface area (Å²) < 4.78 is 11.3. The molecule has 2 N–H and O–H groups in total. The van der Waals surface area contributed by atoms with Gasteiger partial charge in [0, 0.05) is 17.4 Å². The number of benzene rings is 2. The van der Waals surface area contributed by atoms with Crippen LogP contribution in [0.15, 0.2) is 65.5 Å². The van der Waals surface area contributed by atoms with Crippen LogP contribution >= 0.6 is 0 Å². The van der Waals surface area contributed by atoms with Gasteiger partial charge in [0.1, 0.15) is 18.1 Å². The summed E-state index contributed by atoms with van der Waals surface area (Å²) in [4.78, 5) is 11.3. The molecule has 4 rings (SSSR count). The van der Waals surface area contributed by atoms with Crippen molar-refractivity contribution in [1.29, 1.82) is 0 Å². The highest BCUT2D eigenvalue weighted by Crippen LogP contribution is 2.32. The number of hydrogen-bond donors (Lipinski definition) is 2. The molecule has 0 amide bonds. The van der Waals surface area contributed by atoms with Gasteiger partial charge in [-0.2, -0.15) is 5.10 Å². The number of carbonyl (C=O) groups is 1. The van der Waals surface area contributed by atoms with Crippen molar-refractivity contribution in [2.75, 3.05) is 0 Å². The maximum atomic E-state index is 11.3. The zero-order valence-electron chi connectivity index (χ0n) is 17.5. The van der Waals surface area contributed by atoms with Gasteiger partial charge in [0.15, 0.2) is 0 Å². The second-order valence-corrected chi connectivity index (χ2v) is 8.10. The topological polar surface area (TPSA) is 101 Å². The zero-order chi connectivity index (χ0) is 21.8. The molecule has 0 aliphatic carbocycles. The number of aromatic amines is 1. The number of ether oxygens (including phenoxy) is 1. The first-order valence-corrected chi connectivity index (χ1v) is 10.3. The molecule has 2 aromatic heterocycles. The lowest BCUT2D eigenvalue weighted by atomic mass is 9.92. The first-order chi connectivity index (χ1) is 15.0. The van der Waals surface area contributed by atoms with Gasteiger partial charge in [-0.1, -0.05) is 43.3 Å². The van der Waals surface area contributed by atoms with Crippen LogP contribution in [-0.2, 0) is 4.79 Å². The van der Waals surface area contributed by atoms with Crippen molar-refractivity contribution in [2.45, 2.75) is 38.7 Å². The second kappa shape index (κ2) is 9.04. The maximum absolute atomic E-state index is 11.3. The summed E-state index contributed by atoms with van der Waals surface area (Å²) in [6.07, 6.45) is 3.95. The quantitative estimate of drug-likeness (QED) is 0.380. The molecule has 7 nitrogen and oxygen atoms in total. The number of nitrogens with one attached hydrogen (secondary N) is 1. The average Bonchev–Trinajstić information content (AvgIpc) is 3.43. The van der Waals surface area contributed by atoms with E-state index in [0.717, 1.165) is 34.2 Å². The Hall–Kier alpha value is -3.61. The predicted octanol–water partition coefficient (Wildman–Crippen LogP) is 5.32. The van der Waals surface area contributed by atoms with Crippen LogP contribution in [0, 0.1) is 5.92 Å². The third kappa shape index (κ3) is 4.94. The zero-order valence-corrected chi connectivity index (χ0v) is 17.5. The van der Waals surface area contributed by atoms with Crippen LogP contribution in [0.5, 0.6) is 5.75 Å². The van der Waals surface area contributed by atoms with E-state index in [1.807, 2.05) is 30.3 Å². The number of carboxylic acid groups (broad SMARTS) is 1. The molecule has 0 fully saturated rings. The third-order valence-corrected chi connectivity index (χ3v) is 5.28. The Labute approximate surface area is 180 Å². The first kappa shape index (κ1) is 20.7. The molecule has 160 valence electrons. The van der Waals surface area contributed by atoms with Crippen LogP contribution in [0.3, 0.4) is 0 Å². The molecule has 31 heavy (non-hydrogen) atoms. The fourth-order valence-electron chi connectivity index (χ4n) is 3.75. The van der Waals surface area contributed by atoms with Crippen LogP contribution in [-0.4, -0.2) is 26.4 Å². The predicted molar refractivity (Wildman–Crippen MR) is 116 cm³/mol. The van der Waals surface area contributed by atoms with Crippen LogP contribution in [0.25, 0.3) is 10.9 Å². The highest BCUT2D eigenvalue weighted by molar-refractivity contribution is 5.78. The summed E-state index contributed by atoms with van der Waals surface area (Å²) in [6, 6.07) is 15.4. The highest BCUT2D eigenvalue weighted by atomic mass is 16.5. The molecule has 0 bridgehead atoms. The number of aliphatic carboxylic acids is 1. The van der Waals surface area contributed by atoms with E-state index in [4.69, 9.17) is 9.26 Å². The fraction of sp³-hybridized carbons (Fsp3) is 0.292. The molecule has 0 aliphatic rings. The number of nitrogens with zero attached hydrogens (tertiary/aromatic N) is 2. The smallest absolute Gasteiger partial charge is 0.304 e. The van der Waals surface area contributed by atoms with Gasteiger partial charge >= 0.3 is 5.97 Å². The van der Waals surface area contributed by atoms with Crippen molar-refractivity contribution >= 4 is 16.9 Å². The number of fused-ring (bicyclic) bond motifs is 1. The first-order valence-electron chi connectivity index (χ1n) is 10.3. The molecule has 1 unspecified atom stereocenters. The molecule has 0 aliphatic heterocycles. The second-order valence-electron chi connectivity index (χ2n) is 8.10. The van der Waals surface area contributed by atoms with E-state index in [0.29, 0.717) is 11.6 Å². The molecule has 0 saturated carbocycles. The van der Waals surface area contributed by atoms with Crippen LogP contribution in [0.4, 0.5) is 0 Å². The lowest BCUT2D eigenvalue weighted by molar-refractivity contribution is -0.137. The van der Waals surface area contributed by atoms with E-state index in [-0.39, 0.29) is 18.4 Å². The number of hydrogen-bond acceptors (Lipinski definition) is 5. The molecule has 2 atom stereocenters. The third-order valence-electron chi connectivity index (χ3n) is 5.28. The Bertz CT molecular complexity index is 1130. The van der Waals surface area contributed by atoms with E-state index >= 15 is 0 Å². The molecular formula is C24H25N3O4. The van der Waals surface area contributed by atoms with Gasteiger partial charge in [-0.25, -0.2) is 0 Å². The highest BCUT2D eigenvalue weighted by Gasteiger charge is 2.21. The van der Waals surface area contributed by atoms with Crippen molar-refractivity contribution in [3.63, 3.8) is 0 Å². The standard InChI is InChI=1S/C24H25N3O4/c1-15(2)11-23(17-3-4-18-14-25-26-22(18)12-17)31-19-7-5-16(6-8-19)20(13-24(28)29)21-9-10-30-27-21/h3-10,12,14-15,20,23H,11,13H2,1-2H3,(H,25,26)(H,28,29)/t20?,23-/m0/s1. The van der Waals surface area contributed by atoms with Gasteiger partial charge in [0.2, 0.25) is 0 Å². The van der Waals surface area contributed by atoms with Crippen molar-refractivity contribution in [2.24, 2.45) is 5.92 Å². The monoisotopic (exact) mass is 419 g/mol. The Morgan fingerprint density at radius 3 is 2.58 bits per heavy atom. The summed E-state index contributed by atoms with van der Waals surface area (Å²) in [5.74, 6) is -0.0822. The Morgan fingerprint density at radius 2 is 1.90 bits per heavy atom. The number of H-pyrrole nitrogens is 1. The lowest BCUT2D eigenvalue weighted by Crippen LogP contribution is -2.11. The van der Waals surface area contributed by atoms with E-state index in [2.05, 4.69) is 41.3 Å². The Kier molecular flexibility index (Phi) is 6.02. The number of aromatic nitrogens is 3. The summed E-state index contributed by atoms with van der Waals surface area (Å²) in [7, 11) is 0. The van der Waals surface area contributed by atoms with Crippen molar-refractivity contribution in [1.82, 2.24) is 15.4 Å². The normalized spacial score (nSPS) is 13.4. The SMILES string of the molecule is CC(C)C[C@H](Oc1ccc(C(CC(=O)O)c2ccon2)cc1)c1ccc2cn[nH]c2c1. The van der Waals surface area contributed by atoms with Crippen LogP contribution < -0.4 is 4.74 Å². The number of rotatable bonds is 9. The molecule has 0 radical (unpaired) electrons. The van der Waals surface area contributed by atoms with E-state index < -0.39 is 5.97 Å². The summed E-state index contributed by atoms with van der Waals surface area (Å²) in [5, 5.41) is 21.4. The van der Waals surface area contributed by atoms with Crippen molar-refractivity contribution in [3.8, 4) is 5.75 Å². The summed E-state index contributed by atoms with van der Waals surface area (Å²) in [5.41, 5.74) is 3.51. The Morgan fingerprint density at radius 1 is 1.13 bits per heavy atom. The minimum absolute atomic E-state index is 0.0626. The van der Waals surface area contributed by atoms with Crippen LogP contribution in [0.1, 0.15) is 55.5 Å². The van der Waals surface area contributed by atoms with E-state index in [9.17, 15) is 9.90 Å². The van der Waals surface area contributed by atoms with Crippen molar-refractivity contribution < 1.29 is 19.2 Å². The maximum Gasteiger partial charge on any atom is 0.304 e. The molecule has 0 saturated heterocycles. The van der Waals surface area contributed by atoms with Gasteiger partial charge in [-0.15, -0.1) is 0 Å². The largest absolute Gasteiger partial charge is 0.486 e. The summed E-state index contributed by atoms with van der Waals surface area (Å²) >= 11 is 0. The average molecular weight is 419 g/mol. The number of carboxylic acids is 1. The molecule has 2 aromatic carbocycles. The Balaban J connectivity index is 1.56. The minimum Gasteiger partial charge on any atom is -0.486 e. The van der Waals surface area contributed by atoms with Gasteiger partial charge in [-0.05, 0) is 41.7 Å². The minimum atomic E-state index is -0.889. The van der Waals surface area contributed by atoms with Gasteiger partial charge in [0.05, 0.1) is 23.8 Å². The fourth-order valence-corrected chi connectivity index (χ4v) is 3.75. The van der Waals surface area contributed by atoms with E-state index in [1.165, 1.54) is 6.26 Å². The van der Waals surface area contributed by atoms with Crippen LogP contribution in [0.2, 0.25) is 0 Å². The van der Waals surface area contributed by atoms with Crippen molar-refractivity contribution in [3.05, 3.63) is 77.8 Å². The molecule has 0 spiro atoms. The molecule has 2 heterocycles. The molecule has 7 heteroatoms. The van der Waals surface area contributed by atoms with Gasteiger partial charge < -0.3 is 14.4 Å². The molecular weight excluding hydrogens is 394 g/mol. The lowest BCUT2D eigenvalue weighted by Gasteiger charge is -2.22. The van der Waals surface area contributed by atoms with Gasteiger partial charge in [-0.3, -0.25) is 9.89 Å².